The molecule has 7 heteroatoms. The maximum absolute atomic E-state index is 12.4. The number of hydrogen-bond acceptors (Lipinski definition) is 4. The van der Waals surface area contributed by atoms with Gasteiger partial charge in [0.25, 0.3) is 5.91 Å². The zero-order valence-electron chi connectivity index (χ0n) is 16.8. The van der Waals surface area contributed by atoms with Crippen LogP contribution in [-0.2, 0) is 13.1 Å². The summed E-state index contributed by atoms with van der Waals surface area (Å²) in [5.74, 6) is 0.0683. The van der Waals surface area contributed by atoms with Gasteiger partial charge in [0.05, 0.1) is 11.9 Å². The molecule has 1 aliphatic rings. The number of rotatable bonds is 6. The van der Waals surface area contributed by atoms with Crippen molar-refractivity contribution in [2.45, 2.75) is 32.9 Å². The van der Waals surface area contributed by atoms with Crippen LogP contribution in [0.5, 0.6) is 0 Å². The van der Waals surface area contributed by atoms with Gasteiger partial charge in [-0.3, -0.25) is 14.5 Å². The lowest BCUT2D eigenvalue weighted by molar-refractivity contribution is 0.0816. The van der Waals surface area contributed by atoms with E-state index in [1.54, 1.807) is 4.90 Å². The lowest BCUT2D eigenvalue weighted by Crippen LogP contribution is -2.17. The number of carbonyl (C=O) groups excluding carboxylic acids is 1. The summed E-state index contributed by atoms with van der Waals surface area (Å²) in [5, 5.41) is 4.49. The maximum atomic E-state index is 12.4. The molecule has 0 atom stereocenters. The van der Waals surface area contributed by atoms with Crippen LogP contribution in [0.4, 0.5) is 0 Å². The second-order valence-electron chi connectivity index (χ2n) is 7.37. The molecule has 0 saturated heterocycles. The molecule has 1 aromatic carbocycles. The molecule has 1 aliphatic heterocycles. The Kier molecular flexibility index (Phi) is 6.35. The van der Waals surface area contributed by atoms with Crippen LogP contribution >= 0.6 is 12.4 Å². The highest BCUT2D eigenvalue weighted by Crippen LogP contribution is 2.33. The first-order valence-electron chi connectivity index (χ1n) is 9.66. The normalized spacial score (nSPS) is 12.8. The first-order chi connectivity index (χ1) is 13.6. The smallest absolute Gasteiger partial charge is 0.254 e. The maximum Gasteiger partial charge on any atom is 0.254 e. The van der Waals surface area contributed by atoms with Gasteiger partial charge in [0.2, 0.25) is 0 Å². The Labute approximate surface area is 177 Å². The minimum atomic E-state index is 0. The van der Waals surface area contributed by atoms with Crippen molar-refractivity contribution in [3.05, 3.63) is 59.5 Å². The summed E-state index contributed by atoms with van der Waals surface area (Å²) in [6.45, 7) is 4.20. The number of hydrogen-bond donors (Lipinski definition) is 1. The van der Waals surface area contributed by atoms with Crippen molar-refractivity contribution in [3.8, 4) is 22.4 Å². The van der Waals surface area contributed by atoms with Crippen LogP contribution in [0.15, 0.2) is 42.7 Å². The number of amides is 1. The number of carbonyl (C=O) groups is 1. The fourth-order valence-electron chi connectivity index (χ4n) is 3.65. The van der Waals surface area contributed by atoms with Gasteiger partial charge in [-0.15, -0.1) is 12.4 Å². The fourth-order valence-corrected chi connectivity index (χ4v) is 3.65. The number of pyridine rings is 1. The van der Waals surface area contributed by atoms with E-state index in [1.165, 1.54) is 0 Å². The molecule has 3 aromatic rings. The molecule has 3 heterocycles. The topological polar surface area (TPSA) is 77.0 Å². The van der Waals surface area contributed by atoms with Crippen LogP contribution in [0, 0.1) is 6.92 Å². The zero-order valence-corrected chi connectivity index (χ0v) is 17.6. The molecule has 6 nitrogen and oxygen atoms in total. The highest BCUT2D eigenvalue weighted by molar-refractivity contribution is 5.99. The van der Waals surface area contributed by atoms with Crippen LogP contribution in [0.1, 0.15) is 34.5 Å². The quantitative estimate of drug-likeness (QED) is 0.628. The molecule has 2 aromatic heterocycles. The first kappa shape index (κ1) is 21.0. The van der Waals surface area contributed by atoms with Gasteiger partial charge in [0, 0.05) is 54.3 Å². The zero-order chi connectivity index (χ0) is 19.7. The number of benzene rings is 1. The van der Waals surface area contributed by atoms with Crippen molar-refractivity contribution >= 4 is 18.3 Å². The van der Waals surface area contributed by atoms with Gasteiger partial charge in [-0.25, -0.2) is 0 Å². The number of unbranched alkanes of at least 4 members (excludes halogenated alkanes) is 1. The van der Waals surface area contributed by atoms with Crippen LogP contribution in [0.3, 0.4) is 0 Å². The first-order valence-corrected chi connectivity index (χ1v) is 9.66. The van der Waals surface area contributed by atoms with Crippen LogP contribution < -0.4 is 5.73 Å². The molecule has 0 bridgehead atoms. The molecule has 1 amide bonds. The molecule has 0 spiro atoms. The Hall–Kier alpha value is -2.70. The highest BCUT2D eigenvalue weighted by atomic mass is 35.5. The number of aromatic nitrogens is 3. The van der Waals surface area contributed by atoms with Crippen LogP contribution in [0.2, 0.25) is 0 Å². The fraction of sp³-hybridized carbons (Fsp3) is 0.318. The van der Waals surface area contributed by atoms with Crippen molar-refractivity contribution < 1.29 is 4.79 Å². The van der Waals surface area contributed by atoms with E-state index in [9.17, 15) is 4.79 Å². The van der Waals surface area contributed by atoms with E-state index in [0.29, 0.717) is 13.1 Å². The van der Waals surface area contributed by atoms with Gasteiger partial charge in [0.15, 0.2) is 0 Å². The largest absolute Gasteiger partial charge is 0.337 e. The predicted molar refractivity (Wildman–Crippen MR) is 117 cm³/mol. The van der Waals surface area contributed by atoms with Gasteiger partial charge in [-0.05, 0) is 44.0 Å². The standard InChI is InChI=1S/C22H25N5O.ClH/c1-15-5-8-19(18-12-24-27(14-18)10-4-3-9-23)21(25-15)16-6-7-17-13-26(2)22(28)20(17)11-16;/h5-8,11-12,14H,3-4,9-10,13,23H2,1-2H3;1H. The average Bonchev–Trinajstić information content (AvgIpc) is 3.27. The van der Waals surface area contributed by atoms with Crippen molar-refractivity contribution in [1.82, 2.24) is 19.7 Å². The van der Waals surface area contributed by atoms with Gasteiger partial charge in [0.1, 0.15) is 0 Å². The SMILES string of the molecule is Cc1ccc(-c2cnn(CCCCN)c2)c(-c2ccc3c(c2)C(=O)N(C)C3)n1.Cl. The van der Waals surface area contributed by atoms with Crippen LogP contribution in [-0.4, -0.2) is 39.2 Å². The van der Waals surface area contributed by atoms with Crippen molar-refractivity contribution in [1.29, 1.82) is 0 Å². The van der Waals surface area contributed by atoms with Gasteiger partial charge >= 0.3 is 0 Å². The van der Waals surface area contributed by atoms with E-state index < -0.39 is 0 Å². The third-order valence-electron chi connectivity index (χ3n) is 5.19. The lowest BCUT2D eigenvalue weighted by atomic mass is 9.98. The molecule has 0 saturated carbocycles. The Balaban J connectivity index is 0.00000240. The molecular formula is C22H26ClN5O. The van der Waals surface area contributed by atoms with Crippen molar-refractivity contribution in [2.75, 3.05) is 13.6 Å². The van der Waals surface area contributed by atoms with Gasteiger partial charge in [-0.2, -0.15) is 5.10 Å². The second-order valence-corrected chi connectivity index (χ2v) is 7.37. The average molecular weight is 412 g/mol. The van der Waals surface area contributed by atoms with E-state index in [2.05, 4.69) is 23.4 Å². The summed E-state index contributed by atoms with van der Waals surface area (Å²) in [6, 6.07) is 10.2. The summed E-state index contributed by atoms with van der Waals surface area (Å²) in [7, 11) is 1.83. The predicted octanol–water partition coefficient (Wildman–Crippen LogP) is 3.67. The number of nitrogens with zero attached hydrogens (tertiary/aromatic N) is 4. The minimum absolute atomic E-state index is 0. The van der Waals surface area contributed by atoms with Crippen molar-refractivity contribution in [3.63, 3.8) is 0 Å². The molecule has 0 radical (unpaired) electrons. The van der Waals surface area contributed by atoms with Gasteiger partial charge in [-0.1, -0.05) is 18.2 Å². The molecule has 152 valence electrons. The van der Waals surface area contributed by atoms with E-state index in [4.69, 9.17) is 10.7 Å². The molecule has 0 fully saturated rings. The highest BCUT2D eigenvalue weighted by Gasteiger charge is 2.25. The summed E-state index contributed by atoms with van der Waals surface area (Å²) in [5.41, 5.74) is 12.2. The number of nitrogens with two attached hydrogens (primary N) is 1. The molecule has 2 N–H and O–H groups in total. The Morgan fingerprint density at radius 3 is 2.72 bits per heavy atom. The number of fused-ring (bicyclic) bond motifs is 1. The molecule has 29 heavy (non-hydrogen) atoms. The van der Waals surface area contributed by atoms with E-state index >= 15 is 0 Å². The second kappa shape index (κ2) is 8.76. The molecule has 0 aliphatic carbocycles. The summed E-state index contributed by atoms with van der Waals surface area (Å²) >= 11 is 0. The Morgan fingerprint density at radius 2 is 1.93 bits per heavy atom. The third-order valence-corrected chi connectivity index (χ3v) is 5.19. The summed E-state index contributed by atoms with van der Waals surface area (Å²) in [4.78, 5) is 18.9. The van der Waals surface area contributed by atoms with E-state index in [0.717, 1.165) is 58.6 Å². The van der Waals surface area contributed by atoms with Crippen LogP contribution in [0.25, 0.3) is 22.4 Å². The molecular weight excluding hydrogens is 386 g/mol. The lowest BCUT2D eigenvalue weighted by Gasteiger charge is -2.10. The van der Waals surface area contributed by atoms with E-state index in [-0.39, 0.29) is 18.3 Å². The monoisotopic (exact) mass is 411 g/mol. The van der Waals surface area contributed by atoms with E-state index in [1.807, 2.05) is 43.0 Å². The Bertz CT molecular complexity index is 1030. The Morgan fingerprint density at radius 1 is 1.10 bits per heavy atom. The molecule has 4 rings (SSSR count). The van der Waals surface area contributed by atoms with Crippen molar-refractivity contribution in [2.24, 2.45) is 5.73 Å². The third kappa shape index (κ3) is 4.18. The summed E-state index contributed by atoms with van der Waals surface area (Å²) < 4.78 is 1.95. The number of halogens is 1. The minimum Gasteiger partial charge on any atom is -0.337 e. The molecule has 0 unspecified atom stereocenters. The number of aryl methyl sites for hydroxylation is 2. The van der Waals surface area contributed by atoms with Gasteiger partial charge < -0.3 is 10.6 Å². The summed E-state index contributed by atoms with van der Waals surface area (Å²) in [6.07, 6.45) is 5.93.